The van der Waals surface area contributed by atoms with E-state index in [4.69, 9.17) is 16.3 Å². The van der Waals surface area contributed by atoms with Gasteiger partial charge in [-0.2, -0.15) is 0 Å². The minimum absolute atomic E-state index is 0.0557. The number of nitrogens with one attached hydrogen (secondary N) is 1. The summed E-state index contributed by atoms with van der Waals surface area (Å²) in [7, 11) is 0. The number of ether oxygens (including phenoxy) is 1. The number of amides is 2. The summed E-state index contributed by atoms with van der Waals surface area (Å²) >= 11 is 6.01. The first-order chi connectivity index (χ1) is 13.0. The Hall–Kier alpha value is -2.79. The third-order valence-corrected chi connectivity index (χ3v) is 4.63. The van der Waals surface area contributed by atoms with Crippen LogP contribution in [0.25, 0.3) is 6.08 Å². The molecule has 27 heavy (non-hydrogen) atoms. The van der Waals surface area contributed by atoms with Crippen LogP contribution in [-0.4, -0.2) is 36.4 Å². The second kappa shape index (κ2) is 8.27. The lowest BCUT2D eigenvalue weighted by atomic mass is 10.1. The number of rotatable bonds is 5. The van der Waals surface area contributed by atoms with Crippen molar-refractivity contribution >= 4 is 35.2 Å². The van der Waals surface area contributed by atoms with Crippen LogP contribution in [0.2, 0.25) is 5.02 Å². The maximum Gasteiger partial charge on any atom is 0.255 e. The lowest BCUT2D eigenvalue weighted by Crippen LogP contribution is -2.30. The Balaban J connectivity index is 1.77. The second-order valence-corrected chi connectivity index (χ2v) is 6.59. The number of fused-ring (bicyclic) bond motifs is 1. The fourth-order valence-electron chi connectivity index (χ4n) is 2.91. The van der Waals surface area contributed by atoms with E-state index in [1.807, 2.05) is 13.8 Å². The molecule has 0 fully saturated rings. The Kier molecular flexibility index (Phi) is 5.81. The number of carbonyl (C=O) groups excluding carboxylic acids is 2. The van der Waals surface area contributed by atoms with E-state index in [9.17, 15) is 9.59 Å². The third-order valence-electron chi connectivity index (χ3n) is 4.39. The molecule has 0 aromatic heterocycles. The van der Waals surface area contributed by atoms with E-state index in [1.54, 1.807) is 53.4 Å². The number of nitrogens with zero attached hydrogens (tertiary/aromatic N) is 1. The predicted molar refractivity (Wildman–Crippen MR) is 107 cm³/mol. The smallest absolute Gasteiger partial charge is 0.255 e. The standard InChI is InChI=1S/C21H21ClN2O3/c1-3-24(4-2)21(26)14-6-5-7-18(12-14)23-20(25)16-10-15-11-17(22)8-9-19(15)27-13-16/h5-12H,3-4,13H2,1-2H3,(H,23,25). The Morgan fingerprint density at radius 1 is 1.15 bits per heavy atom. The monoisotopic (exact) mass is 384 g/mol. The van der Waals surface area contributed by atoms with Crippen molar-refractivity contribution in [2.45, 2.75) is 13.8 Å². The van der Waals surface area contributed by atoms with Gasteiger partial charge in [-0.05, 0) is 56.3 Å². The van der Waals surface area contributed by atoms with Crippen molar-refractivity contribution in [2.75, 3.05) is 25.0 Å². The molecule has 0 spiro atoms. The molecule has 0 radical (unpaired) electrons. The fraction of sp³-hybridized carbons (Fsp3) is 0.238. The quantitative estimate of drug-likeness (QED) is 0.838. The van der Waals surface area contributed by atoms with Crippen LogP contribution in [-0.2, 0) is 4.79 Å². The van der Waals surface area contributed by atoms with Crippen molar-refractivity contribution in [3.63, 3.8) is 0 Å². The summed E-state index contributed by atoms with van der Waals surface area (Å²) in [5, 5.41) is 3.42. The minimum atomic E-state index is -0.270. The molecule has 0 bridgehead atoms. The zero-order valence-corrected chi connectivity index (χ0v) is 16.0. The van der Waals surface area contributed by atoms with Crippen molar-refractivity contribution in [3.8, 4) is 5.75 Å². The summed E-state index contributed by atoms with van der Waals surface area (Å²) in [5.41, 5.74) is 2.37. The van der Waals surface area contributed by atoms with Crippen molar-refractivity contribution < 1.29 is 14.3 Å². The van der Waals surface area contributed by atoms with E-state index in [-0.39, 0.29) is 18.4 Å². The van der Waals surface area contributed by atoms with Crippen LogP contribution in [0.15, 0.2) is 48.0 Å². The van der Waals surface area contributed by atoms with Gasteiger partial charge < -0.3 is 15.0 Å². The second-order valence-electron chi connectivity index (χ2n) is 6.15. The first-order valence-corrected chi connectivity index (χ1v) is 9.23. The molecule has 1 aliphatic heterocycles. The zero-order valence-electron chi connectivity index (χ0n) is 15.3. The maximum atomic E-state index is 12.6. The van der Waals surface area contributed by atoms with E-state index in [2.05, 4.69) is 5.32 Å². The van der Waals surface area contributed by atoms with Crippen LogP contribution in [0.1, 0.15) is 29.8 Å². The van der Waals surface area contributed by atoms with Crippen LogP contribution in [0.4, 0.5) is 5.69 Å². The molecule has 2 aromatic carbocycles. The van der Waals surface area contributed by atoms with Gasteiger partial charge in [0, 0.05) is 34.9 Å². The molecule has 140 valence electrons. The van der Waals surface area contributed by atoms with Crippen molar-refractivity contribution in [2.24, 2.45) is 0 Å². The van der Waals surface area contributed by atoms with Crippen LogP contribution < -0.4 is 10.1 Å². The lowest BCUT2D eigenvalue weighted by Gasteiger charge is -2.19. The molecule has 0 unspecified atom stereocenters. The Morgan fingerprint density at radius 3 is 2.67 bits per heavy atom. The van der Waals surface area contributed by atoms with Gasteiger partial charge in [-0.1, -0.05) is 17.7 Å². The zero-order chi connectivity index (χ0) is 19.4. The maximum absolute atomic E-state index is 12.6. The van der Waals surface area contributed by atoms with E-state index in [1.165, 1.54) is 0 Å². The molecule has 0 saturated heterocycles. The molecular formula is C21H21ClN2O3. The molecule has 0 atom stereocenters. The number of halogens is 1. The van der Waals surface area contributed by atoms with Gasteiger partial charge in [-0.3, -0.25) is 9.59 Å². The van der Waals surface area contributed by atoms with Gasteiger partial charge in [0.15, 0.2) is 0 Å². The van der Waals surface area contributed by atoms with Crippen LogP contribution in [0, 0.1) is 0 Å². The number of benzene rings is 2. The first-order valence-electron chi connectivity index (χ1n) is 8.85. The molecule has 1 N–H and O–H groups in total. The largest absolute Gasteiger partial charge is 0.488 e. The lowest BCUT2D eigenvalue weighted by molar-refractivity contribution is -0.113. The Labute approximate surface area is 163 Å². The minimum Gasteiger partial charge on any atom is -0.488 e. The molecule has 1 heterocycles. The molecule has 0 aliphatic carbocycles. The molecule has 0 saturated carbocycles. The highest BCUT2D eigenvalue weighted by Crippen LogP contribution is 2.29. The first kappa shape index (κ1) is 19.0. The topological polar surface area (TPSA) is 58.6 Å². The van der Waals surface area contributed by atoms with Gasteiger partial charge in [-0.25, -0.2) is 0 Å². The molecule has 5 nitrogen and oxygen atoms in total. The number of hydrogen-bond acceptors (Lipinski definition) is 3. The highest BCUT2D eigenvalue weighted by Gasteiger charge is 2.18. The summed E-state index contributed by atoms with van der Waals surface area (Å²) in [6.07, 6.45) is 1.77. The predicted octanol–water partition coefficient (Wildman–Crippen LogP) is 4.24. The Morgan fingerprint density at radius 2 is 1.93 bits per heavy atom. The van der Waals surface area contributed by atoms with Gasteiger partial charge in [0.1, 0.15) is 12.4 Å². The van der Waals surface area contributed by atoms with E-state index >= 15 is 0 Å². The van der Waals surface area contributed by atoms with E-state index in [0.717, 1.165) is 5.56 Å². The average molecular weight is 385 g/mol. The molecule has 3 rings (SSSR count). The highest BCUT2D eigenvalue weighted by atomic mass is 35.5. The van der Waals surface area contributed by atoms with Gasteiger partial charge in [0.25, 0.3) is 11.8 Å². The average Bonchev–Trinajstić information content (AvgIpc) is 2.68. The highest BCUT2D eigenvalue weighted by molar-refractivity contribution is 6.30. The fourth-order valence-corrected chi connectivity index (χ4v) is 3.09. The molecule has 1 aliphatic rings. The number of carbonyl (C=O) groups is 2. The van der Waals surface area contributed by atoms with Crippen LogP contribution in [0.5, 0.6) is 5.75 Å². The number of hydrogen-bond donors (Lipinski definition) is 1. The molecule has 2 amide bonds. The van der Waals surface area contributed by atoms with Crippen molar-refractivity contribution in [3.05, 3.63) is 64.2 Å². The summed E-state index contributed by atoms with van der Waals surface area (Å²) in [4.78, 5) is 26.8. The Bertz CT molecular complexity index is 904. The normalized spacial score (nSPS) is 12.5. The summed E-state index contributed by atoms with van der Waals surface area (Å²) in [6, 6.07) is 12.2. The molecule has 2 aromatic rings. The molecule has 6 heteroatoms. The van der Waals surface area contributed by atoms with Crippen molar-refractivity contribution in [1.82, 2.24) is 4.90 Å². The van der Waals surface area contributed by atoms with Gasteiger partial charge in [0.05, 0.1) is 5.57 Å². The summed E-state index contributed by atoms with van der Waals surface area (Å²) in [5.74, 6) is 0.371. The van der Waals surface area contributed by atoms with Crippen LogP contribution in [0.3, 0.4) is 0 Å². The van der Waals surface area contributed by atoms with E-state index < -0.39 is 0 Å². The van der Waals surface area contributed by atoms with Gasteiger partial charge in [-0.15, -0.1) is 0 Å². The van der Waals surface area contributed by atoms with Gasteiger partial charge in [0.2, 0.25) is 0 Å². The SMILES string of the molecule is CCN(CC)C(=O)c1cccc(NC(=O)C2=Cc3cc(Cl)ccc3OC2)c1. The van der Waals surface area contributed by atoms with Crippen molar-refractivity contribution in [1.29, 1.82) is 0 Å². The van der Waals surface area contributed by atoms with Crippen LogP contribution >= 0.6 is 11.6 Å². The summed E-state index contributed by atoms with van der Waals surface area (Å²) in [6.45, 7) is 5.33. The van der Waals surface area contributed by atoms with Gasteiger partial charge >= 0.3 is 0 Å². The van der Waals surface area contributed by atoms with E-state index in [0.29, 0.717) is 40.7 Å². The number of anilines is 1. The molecular weight excluding hydrogens is 364 g/mol. The summed E-state index contributed by atoms with van der Waals surface area (Å²) < 4.78 is 5.62. The third kappa shape index (κ3) is 4.31.